The molecule has 3 saturated heterocycles. The SMILES string of the molecule is CN1CC[C@H](C(F)F)[C@](C)(COc2nc(N3C[C@H]4CC[C@@H](C3)N4)c3cc(F)c(-c4c(C#N)c(N)cc(Cl)c4C(F)(F)F)c(F)c3n2)C1. The van der Waals surface area contributed by atoms with E-state index in [1.54, 1.807) is 18.9 Å². The number of anilines is 2. The molecule has 252 valence electrons. The molecule has 0 amide bonds. The average Bonchev–Trinajstić information content (AvgIpc) is 3.32. The van der Waals surface area contributed by atoms with E-state index in [2.05, 4.69) is 15.3 Å². The van der Waals surface area contributed by atoms with Crippen molar-refractivity contribution in [3.05, 3.63) is 39.9 Å². The molecule has 3 aromatic rings. The molecule has 47 heavy (non-hydrogen) atoms. The summed E-state index contributed by atoms with van der Waals surface area (Å²) in [6.45, 7) is 2.91. The van der Waals surface area contributed by atoms with Crippen LogP contribution in [-0.2, 0) is 6.18 Å². The van der Waals surface area contributed by atoms with Crippen LogP contribution in [0.1, 0.15) is 37.3 Å². The molecule has 16 heteroatoms. The number of benzene rings is 2. The molecule has 4 atom stereocenters. The van der Waals surface area contributed by atoms with Crippen LogP contribution in [0, 0.1) is 34.3 Å². The second kappa shape index (κ2) is 12.1. The Morgan fingerprint density at radius 2 is 1.83 bits per heavy atom. The smallest absolute Gasteiger partial charge is 0.418 e. The molecule has 2 aromatic carbocycles. The zero-order chi connectivity index (χ0) is 34.0. The van der Waals surface area contributed by atoms with Crippen molar-refractivity contribution < 1.29 is 35.5 Å². The fraction of sp³-hybridized carbons (Fsp3) is 0.516. The minimum absolute atomic E-state index is 0.0579. The number of rotatable bonds is 6. The number of nitrogens with zero attached hydrogens (tertiary/aromatic N) is 5. The number of hydrogen-bond acceptors (Lipinski definition) is 8. The summed E-state index contributed by atoms with van der Waals surface area (Å²) in [6.07, 6.45) is -5.94. The van der Waals surface area contributed by atoms with Crippen LogP contribution in [0.4, 0.5) is 42.2 Å². The number of nitrogens with one attached hydrogen (secondary N) is 1. The van der Waals surface area contributed by atoms with Gasteiger partial charge in [0.1, 0.15) is 23.2 Å². The maximum atomic E-state index is 16.7. The van der Waals surface area contributed by atoms with Crippen LogP contribution in [0.15, 0.2) is 12.1 Å². The fourth-order valence-corrected chi connectivity index (χ4v) is 7.63. The molecule has 3 aliphatic rings. The van der Waals surface area contributed by atoms with Gasteiger partial charge in [-0.3, -0.25) is 0 Å². The third-order valence-corrected chi connectivity index (χ3v) is 9.79. The number of alkyl halides is 5. The van der Waals surface area contributed by atoms with Crippen LogP contribution in [0.25, 0.3) is 22.0 Å². The molecule has 2 bridgehead atoms. The van der Waals surface area contributed by atoms with Crippen LogP contribution in [0.5, 0.6) is 6.01 Å². The molecular formula is C31H31ClF7N7O. The molecule has 6 rings (SSSR count). The molecular weight excluding hydrogens is 655 g/mol. The van der Waals surface area contributed by atoms with Gasteiger partial charge in [0, 0.05) is 54.0 Å². The van der Waals surface area contributed by atoms with Crippen molar-refractivity contribution in [2.24, 2.45) is 11.3 Å². The zero-order valence-electron chi connectivity index (χ0n) is 25.4. The van der Waals surface area contributed by atoms with E-state index in [0.29, 0.717) is 25.7 Å². The van der Waals surface area contributed by atoms with Gasteiger partial charge in [-0.2, -0.15) is 28.4 Å². The standard InChI is InChI=1S/C31H31ClF7N7O/c1-30(12-45(2)6-5-18(30)27(35)36)13-47-29-43-26-16(28(44-29)46-10-14-3-4-15(11-46)42-14)7-20(33)23(25(26)34)22-17(9-40)21(41)8-19(32)24(22)31(37,38)39/h7-8,14-15,18,27,42H,3-6,10-13,41H2,1-2H3/t14-,15+,18-,30+/m1/s1. The van der Waals surface area contributed by atoms with Crippen LogP contribution < -0.4 is 20.7 Å². The summed E-state index contributed by atoms with van der Waals surface area (Å²) in [5.74, 6) is -3.89. The second-order valence-electron chi connectivity index (χ2n) is 12.9. The maximum Gasteiger partial charge on any atom is 0.418 e. The van der Waals surface area contributed by atoms with Crippen molar-refractivity contribution in [2.75, 3.05) is 50.5 Å². The van der Waals surface area contributed by atoms with Gasteiger partial charge in [-0.1, -0.05) is 18.5 Å². The Bertz CT molecular complexity index is 1760. The van der Waals surface area contributed by atoms with Gasteiger partial charge in [-0.05, 0) is 45.0 Å². The summed E-state index contributed by atoms with van der Waals surface area (Å²) < 4.78 is 110. The average molecular weight is 686 g/mol. The van der Waals surface area contributed by atoms with Crippen molar-refractivity contribution >= 4 is 34.0 Å². The van der Waals surface area contributed by atoms with Gasteiger partial charge >= 0.3 is 12.2 Å². The maximum absolute atomic E-state index is 16.7. The highest BCUT2D eigenvalue weighted by molar-refractivity contribution is 6.32. The van der Waals surface area contributed by atoms with Crippen molar-refractivity contribution in [3.63, 3.8) is 0 Å². The molecule has 3 fully saturated rings. The van der Waals surface area contributed by atoms with E-state index in [0.717, 1.165) is 18.9 Å². The largest absolute Gasteiger partial charge is 0.463 e. The number of likely N-dealkylation sites (tertiary alicyclic amines) is 1. The molecule has 3 N–H and O–H groups in total. The number of nitriles is 1. The lowest BCUT2D eigenvalue weighted by Gasteiger charge is -2.44. The number of nitrogens with two attached hydrogens (primary N) is 1. The molecule has 3 aliphatic heterocycles. The Morgan fingerprint density at radius 1 is 1.15 bits per heavy atom. The predicted molar refractivity (Wildman–Crippen MR) is 161 cm³/mol. The van der Waals surface area contributed by atoms with E-state index in [4.69, 9.17) is 22.1 Å². The summed E-state index contributed by atoms with van der Waals surface area (Å²) >= 11 is 5.91. The molecule has 1 aromatic heterocycles. The number of aromatic nitrogens is 2. The Morgan fingerprint density at radius 3 is 2.45 bits per heavy atom. The first-order chi connectivity index (χ1) is 22.1. The van der Waals surface area contributed by atoms with E-state index in [1.165, 1.54) is 6.07 Å². The van der Waals surface area contributed by atoms with E-state index in [9.17, 15) is 27.2 Å². The highest BCUT2D eigenvalue weighted by atomic mass is 35.5. The predicted octanol–water partition coefficient (Wildman–Crippen LogP) is 6.24. The lowest BCUT2D eigenvalue weighted by atomic mass is 9.73. The molecule has 0 aliphatic carbocycles. The summed E-state index contributed by atoms with van der Waals surface area (Å²) in [6, 6.07) is 2.73. The monoisotopic (exact) mass is 685 g/mol. The van der Waals surface area contributed by atoms with Crippen molar-refractivity contribution in [2.45, 2.75) is 50.9 Å². The topological polar surface area (TPSA) is 103 Å². The summed E-state index contributed by atoms with van der Waals surface area (Å²) in [7, 11) is 1.79. The van der Waals surface area contributed by atoms with Crippen molar-refractivity contribution in [3.8, 4) is 23.2 Å². The third-order valence-electron chi connectivity index (χ3n) is 9.50. The van der Waals surface area contributed by atoms with E-state index >= 15 is 8.78 Å². The van der Waals surface area contributed by atoms with Gasteiger partial charge in [0.25, 0.3) is 0 Å². The first-order valence-electron chi connectivity index (χ1n) is 15.0. The van der Waals surface area contributed by atoms with E-state index in [-0.39, 0.29) is 42.9 Å². The molecule has 0 unspecified atom stereocenters. The number of hydrogen-bond donors (Lipinski definition) is 2. The molecule has 0 radical (unpaired) electrons. The highest BCUT2D eigenvalue weighted by Gasteiger charge is 2.45. The Balaban J connectivity index is 1.54. The molecule has 8 nitrogen and oxygen atoms in total. The summed E-state index contributed by atoms with van der Waals surface area (Å²) in [5.41, 5.74) is -1.18. The van der Waals surface area contributed by atoms with Gasteiger partial charge in [0.05, 0.1) is 34.0 Å². The van der Waals surface area contributed by atoms with Crippen molar-refractivity contribution in [1.29, 1.82) is 5.26 Å². The van der Waals surface area contributed by atoms with Crippen LogP contribution in [0.2, 0.25) is 5.02 Å². The number of piperidine rings is 1. The molecule has 0 saturated carbocycles. The minimum atomic E-state index is -5.23. The zero-order valence-corrected chi connectivity index (χ0v) is 26.1. The normalized spacial score (nSPS) is 25.1. The number of piperazine rings is 1. The third kappa shape index (κ3) is 6.00. The minimum Gasteiger partial charge on any atom is -0.463 e. The molecule has 4 heterocycles. The quantitative estimate of drug-likeness (QED) is 0.232. The molecule has 0 spiro atoms. The first-order valence-corrected chi connectivity index (χ1v) is 15.4. The lowest BCUT2D eigenvalue weighted by molar-refractivity contribution is -0.137. The van der Waals surface area contributed by atoms with E-state index in [1.807, 2.05) is 4.90 Å². The number of ether oxygens (including phenoxy) is 1. The number of nitrogen functional groups attached to an aromatic ring is 1. The summed E-state index contributed by atoms with van der Waals surface area (Å²) in [4.78, 5) is 12.3. The second-order valence-corrected chi connectivity index (χ2v) is 13.3. The van der Waals surface area contributed by atoms with Crippen LogP contribution in [0.3, 0.4) is 0 Å². The Labute approximate surface area is 270 Å². The number of fused-ring (bicyclic) bond motifs is 3. The fourth-order valence-electron chi connectivity index (χ4n) is 7.31. The van der Waals surface area contributed by atoms with Crippen molar-refractivity contribution in [1.82, 2.24) is 20.2 Å². The van der Waals surface area contributed by atoms with Gasteiger partial charge in [0.15, 0.2) is 5.82 Å². The van der Waals surface area contributed by atoms with Gasteiger partial charge < -0.3 is 25.6 Å². The Hall–Kier alpha value is -3.61. The van der Waals surface area contributed by atoms with Crippen LogP contribution >= 0.6 is 11.6 Å². The highest BCUT2D eigenvalue weighted by Crippen LogP contribution is 2.48. The number of halogens is 8. The lowest BCUT2D eigenvalue weighted by Crippen LogP contribution is -2.51. The first kappa shape index (κ1) is 33.3. The van der Waals surface area contributed by atoms with Gasteiger partial charge in [0.2, 0.25) is 6.43 Å². The van der Waals surface area contributed by atoms with E-state index < -0.39 is 80.1 Å². The Kier molecular flexibility index (Phi) is 8.59. The van der Waals surface area contributed by atoms with Gasteiger partial charge in [-0.25, -0.2) is 17.6 Å². The van der Waals surface area contributed by atoms with Crippen LogP contribution in [-0.4, -0.2) is 73.2 Å². The van der Waals surface area contributed by atoms with Gasteiger partial charge in [-0.15, -0.1) is 0 Å². The summed E-state index contributed by atoms with van der Waals surface area (Å²) in [5, 5.41) is 12.1.